The van der Waals surface area contributed by atoms with Gasteiger partial charge in [0.15, 0.2) is 0 Å². The second kappa shape index (κ2) is 11.0. The Labute approximate surface area is 157 Å². The van der Waals surface area contributed by atoms with Crippen molar-refractivity contribution in [2.75, 3.05) is 13.2 Å². The summed E-state index contributed by atoms with van der Waals surface area (Å²) in [6.45, 7) is 11.3. The lowest BCUT2D eigenvalue weighted by Gasteiger charge is -2.14. The molecule has 0 N–H and O–H groups in total. The molecular weight excluding hydrogens is 354 g/mol. The van der Waals surface area contributed by atoms with E-state index in [9.17, 15) is 19.2 Å². The van der Waals surface area contributed by atoms with Crippen molar-refractivity contribution in [2.45, 2.75) is 52.7 Å². The van der Waals surface area contributed by atoms with E-state index in [1.54, 1.807) is 6.92 Å². The van der Waals surface area contributed by atoms with Gasteiger partial charge in [0.05, 0.1) is 18.8 Å². The van der Waals surface area contributed by atoms with Crippen LogP contribution >= 0.6 is 0 Å². The lowest BCUT2D eigenvalue weighted by Crippen LogP contribution is -2.55. The number of hydrogen-bond acceptors (Lipinski definition) is 6. The topological polar surface area (TPSA) is 102 Å². The van der Waals surface area contributed by atoms with Crippen LogP contribution in [0.2, 0.25) is 0 Å². The summed E-state index contributed by atoms with van der Waals surface area (Å²) in [5.41, 5.74) is -1.16. The van der Waals surface area contributed by atoms with Crippen LogP contribution in [0.1, 0.15) is 33.1 Å². The Bertz CT molecular complexity index is 846. The van der Waals surface area contributed by atoms with Crippen molar-refractivity contribution in [1.82, 2.24) is 13.7 Å². The lowest BCUT2D eigenvalue weighted by molar-refractivity contribution is -0.129. The Balaban J connectivity index is 3.22. The summed E-state index contributed by atoms with van der Waals surface area (Å²) in [5, 5.41) is 0. The predicted molar refractivity (Wildman–Crippen MR) is 101 cm³/mol. The second-order valence-corrected chi connectivity index (χ2v) is 6.03. The molecule has 1 aromatic rings. The molecule has 0 unspecified atom stereocenters. The zero-order valence-electron chi connectivity index (χ0n) is 15.9. The van der Waals surface area contributed by atoms with E-state index in [-0.39, 0.29) is 39.3 Å². The molecule has 0 aliphatic heterocycles. The normalized spacial score (nSPS) is 10.4. The van der Waals surface area contributed by atoms with Gasteiger partial charge < -0.3 is 9.47 Å². The van der Waals surface area contributed by atoms with Crippen LogP contribution < -0.4 is 17.1 Å². The molecule has 150 valence electrons. The van der Waals surface area contributed by atoms with E-state index in [1.165, 1.54) is 0 Å². The first kappa shape index (κ1) is 22.2. The zero-order chi connectivity index (χ0) is 20.4. The molecule has 0 aliphatic carbocycles. The monoisotopic (exact) mass is 381 g/mol. The quantitative estimate of drug-likeness (QED) is 0.215. The molecule has 0 bridgehead atoms. The number of allylic oxidation sites excluding steroid dienone is 2. The van der Waals surface area contributed by atoms with Crippen molar-refractivity contribution < 1.29 is 14.3 Å². The maximum atomic E-state index is 12.6. The molecule has 1 heterocycles. The van der Waals surface area contributed by atoms with Crippen LogP contribution in [0.5, 0.6) is 0 Å². The van der Waals surface area contributed by atoms with Crippen molar-refractivity contribution >= 4 is 6.47 Å². The third-order valence-electron chi connectivity index (χ3n) is 3.96. The Hall–Kier alpha value is -2.84. The Morgan fingerprint density at radius 2 is 1.48 bits per heavy atom. The van der Waals surface area contributed by atoms with E-state index in [1.807, 2.05) is 6.92 Å². The molecule has 0 amide bonds. The van der Waals surface area contributed by atoms with Gasteiger partial charge in [-0.25, -0.2) is 28.1 Å². The number of carbonyl (C=O) groups is 1. The van der Waals surface area contributed by atoms with Crippen molar-refractivity contribution in [2.24, 2.45) is 0 Å². The van der Waals surface area contributed by atoms with Gasteiger partial charge in [0, 0.05) is 6.54 Å². The Kier molecular flexibility index (Phi) is 9.04. The minimum Gasteiger partial charge on any atom is -0.497 e. The molecule has 1 rings (SSSR count). The molecule has 0 radical (unpaired) electrons. The van der Waals surface area contributed by atoms with Gasteiger partial charge in [-0.3, -0.25) is 4.79 Å². The Morgan fingerprint density at radius 1 is 0.963 bits per heavy atom. The fourth-order valence-electron chi connectivity index (χ4n) is 2.42. The van der Waals surface area contributed by atoms with Crippen LogP contribution in [0.3, 0.4) is 0 Å². The molecule has 0 fully saturated rings. The van der Waals surface area contributed by atoms with Crippen LogP contribution in [0.25, 0.3) is 0 Å². The SMILES string of the molecule is C=C(CC)CCCn1c(=O)n(CCOC=O)c(=O)n(CCOC(=C)C)c1=O. The third-order valence-corrected chi connectivity index (χ3v) is 3.96. The smallest absolute Gasteiger partial charge is 0.336 e. The lowest BCUT2D eigenvalue weighted by atomic mass is 10.1. The van der Waals surface area contributed by atoms with E-state index in [0.29, 0.717) is 18.6 Å². The summed E-state index contributed by atoms with van der Waals surface area (Å²) in [5.74, 6) is 0.453. The van der Waals surface area contributed by atoms with Gasteiger partial charge in [-0.15, -0.1) is 0 Å². The summed E-state index contributed by atoms with van der Waals surface area (Å²) in [6, 6.07) is 0. The molecule has 1 aromatic heterocycles. The number of aromatic nitrogens is 3. The average molecular weight is 381 g/mol. The molecule has 0 saturated heterocycles. The first-order valence-electron chi connectivity index (χ1n) is 8.78. The molecule has 9 nitrogen and oxygen atoms in total. The summed E-state index contributed by atoms with van der Waals surface area (Å²) < 4.78 is 12.6. The standard InChI is InChI=1S/C18H27N3O6/c1-5-15(4)7-6-8-19-16(23)20(9-11-26-13-22)18(25)21(17(19)24)10-12-27-14(2)3/h13H,2,4-12H2,1,3H3. The van der Waals surface area contributed by atoms with Crippen molar-refractivity contribution in [1.29, 1.82) is 0 Å². The van der Waals surface area contributed by atoms with Gasteiger partial charge in [-0.2, -0.15) is 0 Å². The minimum atomic E-state index is -0.765. The van der Waals surface area contributed by atoms with E-state index in [0.717, 1.165) is 25.7 Å². The fourth-order valence-corrected chi connectivity index (χ4v) is 2.42. The molecule has 0 aliphatic rings. The van der Waals surface area contributed by atoms with Crippen molar-refractivity contribution in [3.05, 3.63) is 55.9 Å². The minimum absolute atomic E-state index is 0.0268. The van der Waals surface area contributed by atoms with E-state index < -0.39 is 17.1 Å². The van der Waals surface area contributed by atoms with Gasteiger partial charge in [0.25, 0.3) is 6.47 Å². The van der Waals surface area contributed by atoms with Crippen molar-refractivity contribution in [3.63, 3.8) is 0 Å². The molecule has 0 atom stereocenters. The average Bonchev–Trinajstić information content (AvgIpc) is 2.63. The highest BCUT2D eigenvalue weighted by atomic mass is 16.5. The maximum absolute atomic E-state index is 12.6. The molecule has 0 spiro atoms. The van der Waals surface area contributed by atoms with Gasteiger partial charge in [-0.05, 0) is 26.2 Å². The van der Waals surface area contributed by atoms with Crippen LogP contribution in [0.15, 0.2) is 38.9 Å². The first-order valence-corrected chi connectivity index (χ1v) is 8.78. The van der Waals surface area contributed by atoms with E-state index in [2.05, 4.69) is 17.9 Å². The number of hydrogen-bond donors (Lipinski definition) is 0. The Morgan fingerprint density at radius 3 is 1.96 bits per heavy atom. The molecular formula is C18H27N3O6. The first-order chi connectivity index (χ1) is 12.8. The highest BCUT2D eigenvalue weighted by Crippen LogP contribution is 2.06. The van der Waals surface area contributed by atoms with Crippen LogP contribution in [0, 0.1) is 0 Å². The summed E-state index contributed by atoms with van der Waals surface area (Å²) in [4.78, 5) is 48.1. The van der Waals surface area contributed by atoms with Crippen LogP contribution in [-0.2, 0) is 33.9 Å². The fraction of sp³-hybridized carbons (Fsp3) is 0.556. The number of rotatable bonds is 13. The van der Waals surface area contributed by atoms with Gasteiger partial charge >= 0.3 is 17.1 Å². The predicted octanol–water partition coefficient (Wildman–Crippen LogP) is 0.641. The van der Waals surface area contributed by atoms with E-state index >= 15 is 0 Å². The van der Waals surface area contributed by atoms with Gasteiger partial charge in [-0.1, -0.05) is 25.7 Å². The number of ether oxygens (including phenoxy) is 2. The zero-order valence-corrected chi connectivity index (χ0v) is 15.9. The van der Waals surface area contributed by atoms with Crippen LogP contribution in [0.4, 0.5) is 0 Å². The van der Waals surface area contributed by atoms with Crippen LogP contribution in [-0.4, -0.2) is 33.4 Å². The highest BCUT2D eigenvalue weighted by Gasteiger charge is 2.15. The summed E-state index contributed by atoms with van der Waals surface area (Å²) in [6.07, 6.45) is 2.04. The molecule has 9 heteroatoms. The maximum Gasteiger partial charge on any atom is 0.336 e. The largest absolute Gasteiger partial charge is 0.497 e. The molecule has 0 saturated carbocycles. The third kappa shape index (κ3) is 6.43. The molecule has 0 aromatic carbocycles. The summed E-state index contributed by atoms with van der Waals surface area (Å²) in [7, 11) is 0. The highest BCUT2D eigenvalue weighted by molar-refractivity contribution is 5.36. The van der Waals surface area contributed by atoms with Gasteiger partial charge in [0.1, 0.15) is 13.2 Å². The summed E-state index contributed by atoms with van der Waals surface area (Å²) >= 11 is 0. The van der Waals surface area contributed by atoms with E-state index in [4.69, 9.17) is 4.74 Å². The number of carbonyl (C=O) groups excluding carboxylic acids is 1. The van der Waals surface area contributed by atoms with Gasteiger partial charge in [0.2, 0.25) is 0 Å². The molecule has 27 heavy (non-hydrogen) atoms. The second-order valence-electron chi connectivity index (χ2n) is 6.03. The van der Waals surface area contributed by atoms with Crippen molar-refractivity contribution in [3.8, 4) is 0 Å². The number of nitrogens with zero attached hydrogens (tertiary/aromatic N) is 3.